The highest BCUT2D eigenvalue weighted by Gasteiger charge is 2.16. The summed E-state index contributed by atoms with van der Waals surface area (Å²) in [4.78, 5) is 47.7. The number of unbranched alkanes of at least 4 members (excludes halogenated alkanes) is 2. The van der Waals surface area contributed by atoms with Crippen molar-refractivity contribution in [2.45, 2.75) is 32.6 Å². The Bertz CT molecular complexity index is 1910. The number of nitrogens with zero attached hydrogens (tertiary/aromatic N) is 2. The van der Waals surface area contributed by atoms with Crippen LogP contribution < -0.4 is 18.9 Å². The lowest BCUT2D eigenvalue weighted by Gasteiger charge is -2.10. The monoisotopic (exact) mass is 718 g/mol. The SMILES string of the molecule is C=CC(=O)OCCCCOc1ccc(/C=C(\C#N)C(=O)Oc2ccc(OC(=O)/C(C#N)=C/c3ccc(OCCCCOC(=O)C=C)cc3)c(C)c2)cc1. The number of ether oxygens (including phenoxy) is 6. The van der Waals surface area contributed by atoms with Crippen molar-refractivity contribution >= 4 is 36.0 Å². The lowest BCUT2D eigenvalue weighted by molar-refractivity contribution is -0.138. The molecule has 0 aliphatic rings. The second-order valence-corrected chi connectivity index (χ2v) is 11.0. The van der Waals surface area contributed by atoms with E-state index in [1.165, 1.54) is 30.4 Å². The molecule has 0 unspecified atom stereocenters. The van der Waals surface area contributed by atoms with Gasteiger partial charge in [-0.3, -0.25) is 0 Å². The molecule has 0 N–H and O–H groups in total. The van der Waals surface area contributed by atoms with Crippen molar-refractivity contribution in [3.05, 3.63) is 120 Å². The smallest absolute Gasteiger partial charge is 0.354 e. The third kappa shape index (κ3) is 14.5. The number of hydrogen-bond acceptors (Lipinski definition) is 12. The highest BCUT2D eigenvalue weighted by Crippen LogP contribution is 2.26. The van der Waals surface area contributed by atoms with E-state index in [9.17, 15) is 29.7 Å². The first-order valence-electron chi connectivity index (χ1n) is 16.5. The zero-order chi connectivity index (χ0) is 38.4. The predicted molar refractivity (Wildman–Crippen MR) is 194 cm³/mol. The van der Waals surface area contributed by atoms with E-state index in [0.717, 1.165) is 12.2 Å². The van der Waals surface area contributed by atoms with Gasteiger partial charge in [-0.1, -0.05) is 37.4 Å². The van der Waals surface area contributed by atoms with Crippen molar-refractivity contribution in [2.24, 2.45) is 0 Å². The Balaban J connectivity index is 1.51. The Morgan fingerprint density at radius 1 is 0.604 bits per heavy atom. The molecule has 0 aromatic heterocycles. The zero-order valence-corrected chi connectivity index (χ0v) is 29.2. The van der Waals surface area contributed by atoms with Crippen LogP contribution in [0.1, 0.15) is 42.4 Å². The van der Waals surface area contributed by atoms with Crippen molar-refractivity contribution in [1.29, 1.82) is 10.5 Å². The minimum atomic E-state index is -0.883. The molecular formula is C41H38N2O10. The molecule has 0 bridgehead atoms. The van der Waals surface area contributed by atoms with Crippen LogP contribution in [0.3, 0.4) is 0 Å². The van der Waals surface area contributed by atoms with E-state index in [1.807, 2.05) is 12.1 Å². The first-order valence-corrected chi connectivity index (χ1v) is 16.5. The third-order valence-electron chi connectivity index (χ3n) is 7.06. The van der Waals surface area contributed by atoms with Crippen LogP contribution in [0.5, 0.6) is 23.0 Å². The number of esters is 4. The van der Waals surface area contributed by atoms with Gasteiger partial charge in [-0.2, -0.15) is 10.5 Å². The number of hydrogen-bond donors (Lipinski definition) is 0. The third-order valence-corrected chi connectivity index (χ3v) is 7.06. The van der Waals surface area contributed by atoms with Crippen molar-refractivity contribution in [3.63, 3.8) is 0 Å². The number of rotatable bonds is 20. The summed E-state index contributed by atoms with van der Waals surface area (Å²) in [7, 11) is 0. The number of aryl methyl sites for hydroxylation is 1. The van der Waals surface area contributed by atoms with Gasteiger partial charge in [-0.05, 0) is 104 Å². The van der Waals surface area contributed by atoms with E-state index in [0.29, 0.717) is 67.1 Å². The fourth-order valence-corrected chi connectivity index (χ4v) is 4.30. The normalized spacial score (nSPS) is 10.8. The minimum absolute atomic E-state index is 0.117. The molecule has 272 valence electrons. The summed E-state index contributed by atoms with van der Waals surface area (Å²) in [6, 6.07) is 21.5. The lowest BCUT2D eigenvalue weighted by Crippen LogP contribution is -2.12. The van der Waals surface area contributed by atoms with Crippen LogP contribution in [-0.2, 0) is 28.7 Å². The number of carbonyl (C=O) groups is 4. The van der Waals surface area contributed by atoms with E-state index in [4.69, 9.17) is 28.4 Å². The molecular weight excluding hydrogens is 680 g/mol. The van der Waals surface area contributed by atoms with Crippen LogP contribution in [0.4, 0.5) is 0 Å². The van der Waals surface area contributed by atoms with Crippen molar-refractivity contribution in [1.82, 2.24) is 0 Å². The summed E-state index contributed by atoms with van der Waals surface area (Å²) in [5.74, 6) is -1.25. The van der Waals surface area contributed by atoms with E-state index in [2.05, 4.69) is 13.2 Å². The molecule has 53 heavy (non-hydrogen) atoms. The van der Waals surface area contributed by atoms with Crippen LogP contribution in [-0.4, -0.2) is 50.3 Å². The van der Waals surface area contributed by atoms with Gasteiger partial charge in [0, 0.05) is 12.2 Å². The zero-order valence-electron chi connectivity index (χ0n) is 29.2. The number of carbonyl (C=O) groups excluding carboxylic acids is 4. The average Bonchev–Trinajstić information content (AvgIpc) is 3.17. The maximum atomic E-state index is 12.8. The van der Waals surface area contributed by atoms with E-state index >= 15 is 0 Å². The first-order chi connectivity index (χ1) is 25.6. The molecule has 3 aromatic carbocycles. The highest BCUT2D eigenvalue weighted by atomic mass is 16.5. The fraction of sp³-hybridized carbons (Fsp3) is 0.220. The summed E-state index contributed by atoms with van der Waals surface area (Å²) in [6.07, 6.45) is 7.61. The van der Waals surface area contributed by atoms with E-state index < -0.39 is 23.9 Å². The van der Waals surface area contributed by atoms with Crippen LogP contribution in [0, 0.1) is 29.6 Å². The molecule has 0 saturated carbocycles. The van der Waals surface area contributed by atoms with Gasteiger partial charge in [0.05, 0.1) is 26.4 Å². The Morgan fingerprint density at radius 2 is 1.02 bits per heavy atom. The van der Waals surface area contributed by atoms with Gasteiger partial charge in [0.2, 0.25) is 0 Å². The van der Waals surface area contributed by atoms with Crippen LogP contribution in [0.2, 0.25) is 0 Å². The predicted octanol–water partition coefficient (Wildman–Crippen LogP) is 6.80. The van der Waals surface area contributed by atoms with Crippen LogP contribution in [0.25, 0.3) is 12.2 Å². The second-order valence-electron chi connectivity index (χ2n) is 11.0. The maximum absolute atomic E-state index is 12.8. The van der Waals surface area contributed by atoms with Gasteiger partial charge in [0.1, 0.15) is 46.3 Å². The molecule has 0 amide bonds. The van der Waals surface area contributed by atoms with Crippen molar-refractivity contribution < 1.29 is 47.6 Å². The topological polar surface area (TPSA) is 171 Å². The molecule has 0 radical (unpaired) electrons. The summed E-state index contributed by atoms with van der Waals surface area (Å²) in [5, 5.41) is 19.2. The molecule has 0 aliphatic carbocycles. The lowest BCUT2D eigenvalue weighted by atomic mass is 10.1. The quantitative estimate of drug-likeness (QED) is 0.0394. The molecule has 3 rings (SSSR count). The molecule has 0 heterocycles. The second kappa shape index (κ2) is 22.0. The van der Waals surface area contributed by atoms with Gasteiger partial charge < -0.3 is 28.4 Å². The molecule has 3 aromatic rings. The molecule has 0 spiro atoms. The van der Waals surface area contributed by atoms with Gasteiger partial charge >= 0.3 is 23.9 Å². The Morgan fingerprint density at radius 3 is 1.43 bits per heavy atom. The molecule has 0 aliphatic heterocycles. The van der Waals surface area contributed by atoms with Crippen molar-refractivity contribution in [3.8, 4) is 35.1 Å². The standard InChI is InChI=1S/C41H38N2O10/c1-4-38(44)50-22-8-6-20-48-34-14-10-30(11-15-34)25-32(27-42)40(46)52-36-18-19-37(29(3)24-36)53-41(47)33(28-43)26-31-12-16-35(17-13-31)49-21-7-9-23-51-39(45)5-2/h4-5,10-19,24-26H,1-2,6-9,20-23H2,3H3/b32-25+,33-26+. The highest BCUT2D eigenvalue weighted by molar-refractivity contribution is 6.00. The Kier molecular flexibility index (Phi) is 16.8. The van der Waals surface area contributed by atoms with Crippen molar-refractivity contribution in [2.75, 3.05) is 26.4 Å². The molecule has 0 atom stereocenters. The molecule has 0 saturated heterocycles. The summed E-state index contributed by atoms with van der Waals surface area (Å²) >= 11 is 0. The first kappa shape index (κ1) is 40.5. The maximum Gasteiger partial charge on any atom is 0.354 e. The summed E-state index contributed by atoms with van der Waals surface area (Å²) < 4.78 is 32.0. The number of nitriles is 2. The summed E-state index contributed by atoms with van der Waals surface area (Å²) in [6.45, 7) is 9.69. The fourth-order valence-electron chi connectivity index (χ4n) is 4.30. The van der Waals surface area contributed by atoms with E-state index in [-0.39, 0.29) is 35.9 Å². The van der Waals surface area contributed by atoms with Gasteiger partial charge in [-0.25, -0.2) is 19.2 Å². The average molecular weight is 719 g/mol. The molecule has 12 nitrogen and oxygen atoms in total. The number of benzene rings is 3. The Hall–Kier alpha value is -6.92. The van der Waals surface area contributed by atoms with Gasteiger partial charge in [0.15, 0.2) is 0 Å². The summed E-state index contributed by atoms with van der Waals surface area (Å²) in [5.41, 5.74) is 1.10. The molecule has 12 heteroatoms. The van der Waals surface area contributed by atoms with Crippen LogP contribution in [0.15, 0.2) is 103 Å². The minimum Gasteiger partial charge on any atom is -0.494 e. The van der Waals surface area contributed by atoms with Crippen LogP contribution >= 0.6 is 0 Å². The van der Waals surface area contributed by atoms with Gasteiger partial charge in [0.25, 0.3) is 0 Å². The van der Waals surface area contributed by atoms with Gasteiger partial charge in [-0.15, -0.1) is 0 Å². The van der Waals surface area contributed by atoms with E-state index in [1.54, 1.807) is 55.5 Å². The molecule has 0 fully saturated rings. The Labute approximate surface area is 307 Å². The largest absolute Gasteiger partial charge is 0.494 e.